The lowest BCUT2D eigenvalue weighted by Gasteiger charge is -2.22. The number of hydrogen-bond acceptors (Lipinski definition) is 3. The Hall–Kier alpha value is -2.58. The first kappa shape index (κ1) is 19.7. The molecule has 0 bridgehead atoms. The third-order valence-electron chi connectivity index (χ3n) is 3.95. The van der Waals surface area contributed by atoms with Gasteiger partial charge < -0.3 is 14.8 Å². The number of halogens is 3. The number of alkyl halides is 3. The zero-order valence-corrected chi connectivity index (χ0v) is 15.3. The molecule has 1 heterocycles. The van der Waals surface area contributed by atoms with Gasteiger partial charge in [0.05, 0.1) is 5.56 Å². The van der Waals surface area contributed by atoms with Gasteiger partial charge in [-0.05, 0) is 31.5 Å². The molecule has 0 aliphatic carbocycles. The van der Waals surface area contributed by atoms with Crippen molar-refractivity contribution in [3.8, 4) is 0 Å². The largest absolute Gasteiger partial charge is 0.416 e. The Morgan fingerprint density at radius 2 is 1.88 bits per heavy atom. The lowest BCUT2D eigenvalue weighted by Crippen LogP contribution is -2.38. The molecule has 1 aromatic heterocycles. The Morgan fingerprint density at radius 3 is 2.38 bits per heavy atom. The number of aromatic nitrogens is 3. The van der Waals surface area contributed by atoms with Crippen molar-refractivity contribution in [1.82, 2.24) is 25.0 Å². The van der Waals surface area contributed by atoms with Crippen LogP contribution < -0.4 is 5.32 Å². The van der Waals surface area contributed by atoms with E-state index in [0.29, 0.717) is 25.6 Å². The van der Waals surface area contributed by atoms with Crippen LogP contribution in [-0.4, -0.2) is 39.2 Å². The second kappa shape index (κ2) is 8.20. The fraction of sp³-hybridized carbons (Fsp3) is 0.471. The minimum absolute atomic E-state index is 0.358. The Balaban J connectivity index is 2.08. The number of benzene rings is 1. The number of guanidine groups is 1. The Labute approximate surface area is 150 Å². The molecule has 0 aliphatic rings. The number of hydrogen-bond donors (Lipinski definition) is 1. The van der Waals surface area contributed by atoms with Gasteiger partial charge in [-0.3, -0.25) is 0 Å². The SMILES string of the molecule is CCNC(=NCc1nnc(C)n1C)N(C)Cc1ccc(C(F)(F)F)cc1. The van der Waals surface area contributed by atoms with Crippen LogP contribution in [0.5, 0.6) is 0 Å². The van der Waals surface area contributed by atoms with E-state index >= 15 is 0 Å². The van der Waals surface area contributed by atoms with Gasteiger partial charge in [-0.25, -0.2) is 4.99 Å². The molecule has 2 rings (SSSR count). The van der Waals surface area contributed by atoms with E-state index in [9.17, 15) is 13.2 Å². The maximum absolute atomic E-state index is 12.7. The standard InChI is InChI=1S/C17H23F3N6/c1-5-21-16(22-10-15-24-23-12(2)26(15)4)25(3)11-13-6-8-14(9-7-13)17(18,19)20/h6-9H,5,10-11H2,1-4H3,(H,21,22). The number of rotatable bonds is 5. The number of aryl methyl sites for hydroxylation is 1. The van der Waals surface area contributed by atoms with Crippen molar-refractivity contribution in [1.29, 1.82) is 0 Å². The minimum Gasteiger partial charge on any atom is -0.357 e. The van der Waals surface area contributed by atoms with Crippen LogP contribution in [0.2, 0.25) is 0 Å². The molecule has 0 spiro atoms. The highest BCUT2D eigenvalue weighted by Gasteiger charge is 2.29. The van der Waals surface area contributed by atoms with E-state index < -0.39 is 11.7 Å². The first-order valence-electron chi connectivity index (χ1n) is 8.22. The summed E-state index contributed by atoms with van der Waals surface area (Å²) in [5, 5.41) is 11.2. The van der Waals surface area contributed by atoms with E-state index in [2.05, 4.69) is 20.5 Å². The summed E-state index contributed by atoms with van der Waals surface area (Å²) in [6, 6.07) is 5.15. The normalized spacial score (nSPS) is 12.3. The third-order valence-corrected chi connectivity index (χ3v) is 3.95. The number of aliphatic imine (C=N–C) groups is 1. The molecule has 1 aromatic carbocycles. The predicted molar refractivity (Wildman–Crippen MR) is 93.5 cm³/mol. The van der Waals surface area contributed by atoms with E-state index in [1.807, 2.05) is 37.4 Å². The van der Waals surface area contributed by atoms with Gasteiger partial charge in [-0.2, -0.15) is 13.2 Å². The summed E-state index contributed by atoms with van der Waals surface area (Å²) >= 11 is 0. The zero-order chi connectivity index (χ0) is 19.3. The van der Waals surface area contributed by atoms with Crippen LogP contribution in [0.25, 0.3) is 0 Å². The van der Waals surface area contributed by atoms with Crippen LogP contribution in [-0.2, 0) is 26.3 Å². The average Bonchev–Trinajstić information content (AvgIpc) is 2.90. The summed E-state index contributed by atoms with van der Waals surface area (Å²) < 4.78 is 39.8. The summed E-state index contributed by atoms with van der Waals surface area (Å²) in [6.07, 6.45) is -4.32. The van der Waals surface area contributed by atoms with Gasteiger partial charge in [0.15, 0.2) is 11.8 Å². The first-order chi connectivity index (χ1) is 12.2. The van der Waals surface area contributed by atoms with Crippen LogP contribution in [0.3, 0.4) is 0 Å². The van der Waals surface area contributed by atoms with Crippen LogP contribution in [0, 0.1) is 6.92 Å². The van der Waals surface area contributed by atoms with Crippen molar-refractivity contribution in [2.24, 2.45) is 12.0 Å². The van der Waals surface area contributed by atoms with Gasteiger partial charge >= 0.3 is 6.18 Å². The molecule has 0 unspecified atom stereocenters. The molecule has 0 aliphatic heterocycles. The second-order valence-electron chi connectivity index (χ2n) is 5.94. The quantitative estimate of drug-likeness (QED) is 0.651. The second-order valence-corrected chi connectivity index (χ2v) is 5.94. The molecule has 0 saturated carbocycles. The highest BCUT2D eigenvalue weighted by molar-refractivity contribution is 5.79. The molecular formula is C17H23F3N6. The van der Waals surface area contributed by atoms with Gasteiger partial charge in [0, 0.05) is 27.2 Å². The van der Waals surface area contributed by atoms with Gasteiger partial charge in [-0.1, -0.05) is 12.1 Å². The van der Waals surface area contributed by atoms with Crippen molar-refractivity contribution < 1.29 is 13.2 Å². The monoisotopic (exact) mass is 368 g/mol. The fourth-order valence-electron chi connectivity index (χ4n) is 2.35. The topological polar surface area (TPSA) is 58.3 Å². The molecule has 1 N–H and O–H groups in total. The summed E-state index contributed by atoms with van der Waals surface area (Å²) in [4.78, 5) is 6.40. The lowest BCUT2D eigenvalue weighted by molar-refractivity contribution is -0.137. The Kier molecular flexibility index (Phi) is 6.23. The number of nitrogens with one attached hydrogen (secondary N) is 1. The molecular weight excluding hydrogens is 345 g/mol. The van der Waals surface area contributed by atoms with Crippen molar-refractivity contribution >= 4 is 5.96 Å². The van der Waals surface area contributed by atoms with Crippen molar-refractivity contribution in [2.45, 2.75) is 33.1 Å². The summed E-state index contributed by atoms with van der Waals surface area (Å²) in [5.74, 6) is 2.19. The van der Waals surface area contributed by atoms with Crippen molar-refractivity contribution in [3.05, 3.63) is 47.0 Å². The lowest BCUT2D eigenvalue weighted by atomic mass is 10.1. The van der Waals surface area contributed by atoms with E-state index in [0.717, 1.165) is 29.3 Å². The molecule has 0 saturated heterocycles. The average molecular weight is 368 g/mol. The van der Waals surface area contributed by atoms with Crippen LogP contribution in [0.15, 0.2) is 29.3 Å². The molecule has 0 fully saturated rings. The van der Waals surface area contributed by atoms with Crippen molar-refractivity contribution in [2.75, 3.05) is 13.6 Å². The third kappa shape index (κ3) is 4.96. The molecule has 142 valence electrons. The van der Waals surface area contributed by atoms with Gasteiger partial charge in [0.1, 0.15) is 12.4 Å². The van der Waals surface area contributed by atoms with Crippen LogP contribution >= 0.6 is 0 Å². The van der Waals surface area contributed by atoms with Crippen LogP contribution in [0.1, 0.15) is 29.7 Å². The molecule has 9 heteroatoms. The summed E-state index contributed by atoms with van der Waals surface area (Å²) in [5.41, 5.74) is 0.114. The van der Waals surface area contributed by atoms with Gasteiger partial charge in [0.2, 0.25) is 0 Å². The fourth-order valence-corrected chi connectivity index (χ4v) is 2.35. The smallest absolute Gasteiger partial charge is 0.357 e. The molecule has 26 heavy (non-hydrogen) atoms. The van der Waals surface area contributed by atoms with E-state index in [1.54, 1.807) is 0 Å². The van der Waals surface area contributed by atoms with E-state index in [1.165, 1.54) is 12.1 Å². The minimum atomic E-state index is -4.32. The molecule has 0 amide bonds. The van der Waals surface area contributed by atoms with Crippen LogP contribution in [0.4, 0.5) is 13.2 Å². The van der Waals surface area contributed by atoms with E-state index in [4.69, 9.17) is 0 Å². The highest BCUT2D eigenvalue weighted by Crippen LogP contribution is 2.29. The Bertz CT molecular complexity index is 749. The van der Waals surface area contributed by atoms with Crippen molar-refractivity contribution in [3.63, 3.8) is 0 Å². The molecule has 0 radical (unpaired) electrons. The molecule has 0 atom stereocenters. The summed E-state index contributed by atoms with van der Waals surface area (Å²) in [7, 11) is 3.71. The Morgan fingerprint density at radius 1 is 1.23 bits per heavy atom. The predicted octanol–water partition coefficient (Wildman–Crippen LogP) is 2.74. The molecule has 6 nitrogen and oxygen atoms in total. The highest BCUT2D eigenvalue weighted by atomic mass is 19.4. The number of nitrogens with zero attached hydrogens (tertiary/aromatic N) is 5. The maximum Gasteiger partial charge on any atom is 0.416 e. The maximum atomic E-state index is 12.7. The molecule has 2 aromatic rings. The van der Waals surface area contributed by atoms with E-state index in [-0.39, 0.29) is 0 Å². The summed E-state index contributed by atoms with van der Waals surface area (Å²) in [6.45, 7) is 5.28. The first-order valence-corrected chi connectivity index (χ1v) is 8.22. The van der Waals surface area contributed by atoms with Gasteiger partial charge in [0.25, 0.3) is 0 Å². The van der Waals surface area contributed by atoms with Gasteiger partial charge in [-0.15, -0.1) is 10.2 Å². The zero-order valence-electron chi connectivity index (χ0n) is 15.3.